The molecule has 2 fully saturated rings. The van der Waals surface area contributed by atoms with Crippen LogP contribution in [0.5, 0.6) is 0 Å². The third kappa shape index (κ3) is 21.9. The second-order valence-corrected chi connectivity index (χ2v) is 23.5. The average molecular weight is 1230 g/mol. The van der Waals surface area contributed by atoms with Crippen molar-refractivity contribution in [3.8, 4) is 0 Å². The Balaban J connectivity index is 0.000000348. The van der Waals surface area contributed by atoms with Crippen molar-refractivity contribution < 1.29 is 81.7 Å². The number of methoxy groups -OCH3 is 5. The van der Waals surface area contributed by atoms with Gasteiger partial charge in [-0.1, -0.05) is 76.3 Å². The van der Waals surface area contributed by atoms with Gasteiger partial charge in [0.25, 0.3) is 11.8 Å². The zero-order chi connectivity index (χ0) is 65.7. The summed E-state index contributed by atoms with van der Waals surface area (Å²) in [6, 6.07) is 0. The minimum absolute atomic E-state index is 0.0801. The van der Waals surface area contributed by atoms with E-state index in [1.807, 2.05) is 20.8 Å². The van der Waals surface area contributed by atoms with Gasteiger partial charge in [-0.3, -0.25) is 28.8 Å². The van der Waals surface area contributed by atoms with Crippen LogP contribution in [0.3, 0.4) is 0 Å². The molecule has 0 aromatic heterocycles. The molecule has 23 nitrogen and oxygen atoms in total. The third-order valence-corrected chi connectivity index (χ3v) is 16.0. The van der Waals surface area contributed by atoms with Crippen molar-refractivity contribution >= 4 is 47.1 Å². The van der Waals surface area contributed by atoms with Crippen LogP contribution in [-0.2, 0) is 61.9 Å². The van der Waals surface area contributed by atoms with Crippen LogP contribution < -0.4 is 33.2 Å². The molecule has 4 bridgehead atoms. The Morgan fingerprint density at radius 3 is 1.38 bits per heavy atom. The number of allylic oxidation sites excluding steroid dienone is 8. The standard InChI is InChI=1S/C32H45N3O8.C29H40N2O9.C4H9N/c1-17-12-22-27(34-16-21-10-11-21)24(36)15-23(29(22)38)35-31(39)18(2)8-7-9-25(41-5)30(43-32(33)40)20(4)14-19(3)28(37)26(13-17)42-6;1-15-11-19-25(34)20(14-21(32)27(19)39-7)31-28(35)16(2)9-8-10-22(37-5)26(40-29(30)36)18(4)13-17(3)24(33)23(12-15)38-6;5-3-4-1-2-4/h7-9,14-15,17,19,21,25-26,28,30,34,37H,10-13,16H2,1-6H3,(H2,33,40)(H,35,39);8-10,13-15,17,22-24,26,33H,11-12H2,1-7H3,(H2,30,36)(H,31,35);4H,1-3,5H2/b9-7-,18-8+,20-14+;10-8-,16-9+,18-13+;/t17-,19+,25+,26+,28-,30+;15-,17+,22+,23+,24-,26+;/m11./s1. The molecule has 0 unspecified atom stereocenters. The van der Waals surface area contributed by atoms with Crippen LogP contribution in [0.15, 0.2) is 117 Å². The van der Waals surface area contributed by atoms with Crippen LogP contribution in [0.4, 0.5) is 9.59 Å². The molecule has 0 radical (unpaired) electrons. The smallest absolute Gasteiger partial charge is 0.405 e. The van der Waals surface area contributed by atoms with E-state index in [0.29, 0.717) is 42.0 Å². The van der Waals surface area contributed by atoms with Gasteiger partial charge < -0.3 is 76.5 Å². The summed E-state index contributed by atoms with van der Waals surface area (Å²) in [7, 11) is 7.16. The maximum Gasteiger partial charge on any atom is 0.405 e. The fraction of sp³-hybridized carbons (Fsp3) is 0.569. The molecule has 0 spiro atoms. The molecule has 6 rings (SSSR count). The number of aliphatic hydroxyl groups excluding tert-OH is 2. The van der Waals surface area contributed by atoms with Crippen LogP contribution in [0.25, 0.3) is 0 Å². The van der Waals surface area contributed by atoms with E-state index in [2.05, 4.69) is 16.0 Å². The lowest BCUT2D eigenvalue weighted by molar-refractivity contribution is -0.121. The summed E-state index contributed by atoms with van der Waals surface area (Å²) in [5.74, 6) is -2.95. The molecule has 4 aliphatic carbocycles. The Bertz CT molecular complexity index is 2870. The van der Waals surface area contributed by atoms with E-state index in [9.17, 15) is 48.6 Å². The van der Waals surface area contributed by atoms with Crippen molar-refractivity contribution in [1.82, 2.24) is 16.0 Å². The number of ketones is 4. The molecular weight excluding hydrogens is 1140 g/mol. The summed E-state index contributed by atoms with van der Waals surface area (Å²) in [6.45, 7) is 15.5. The summed E-state index contributed by atoms with van der Waals surface area (Å²) in [6.07, 6.45) is 12.6. The van der Waals surface area contributed by atoms with Crippen molar-refractivity contribution in [3.63, 3.8) is 0 Å². The number of fused-ring (bicyclic) bond motifs is 4. The van der Waals surface area contributed by atoms with Crippen LogP contribution >= 0.6 is 0 Å². The Morgan fingerprint density at radius 2 is 1.01 bits per heavy atom. The maximum atomic E-state index is 13.7. The normalized spacial score (nSPS) is 32.3. The minimum Gasteiger partial charge on any atom is -0.492 e. The second kappa shape index (κ2) is 35.2. The zero-order valence-corrected chi connectivity index (χ0v) is 53.2. The van der Waals surface area contributed by atoms with Crippen LogP contribution in [0.2, 0.25) is 0 Å². The predicted molar refractivity (Wildman–Crippen MR) is 329 cm³/mol. The Morgan fingerprint density at radius 1 is 0.602 bits per heavy atom. The summed E-state index contributed by atoms with van der Waals surface area (Å²) in [5, 5.41) is 30.7. The molecule has 4 amide bonds. The summed E-state index contributed by atoms with van der Waals surface area (Å²) < 4.78 is 38.4. The largest absolute Gasteiger partial charge is 0.492 e. The highest BCUT2D eigenvalue weighted by Crippen LogP contribution is 2.33. The number of aliphatic hydroxyl groups is 2. The van der Waals surface area contributed by atoms with E-state index in [1.165, 1.54) is 73.5 Å². The number of amides is 4. The maximum absolute atomic E-state index is 13.7. The molecule has 11 N–H and O–H groups in total. The first-order valence-electron chi connectivity index (χ1n) is 29.8. The number of nitrogens with two attached hydrogens (primary N) is 3. The highest BCUT2D eigenvalue weighted by atomic mass is 16.6. The lowest BCUT2D eigenvalue weighted by Gasteiger charge is -2.30. The van der Waals surface area contributed by atoms with Gasteiger partial charge in [-0.05, 0) is 120 Å². The van der Waals surface area contributed by atoms with E-state index in [1.54, 1.807) is 64.2 Å². The molecule has 0 saturated heterocycles. The molecule has 0 aromatic rings. The number of hydrogen-bond acceptors (Lipinski definition) is 19. The summed E-state index contributed by atoms with van der Waals surface area (Å²) in [5.41, 5.74) is 18.0. The first-order valence-corrected chi connectivity index (χ1v) is 29.8. The number of rotatable bonds is 11. The number of hydrogen-bond donors (Lipinski definition) is 8. The fourth-order valence-corrected chi connectivity index (χ4v) is 10.5. The van der Waals surface area contributed by atoms with Crippen LogP contribution in [0.1, 0.15) is 107 Å². The van der Waals surface area contributed by atoms with Crippen LogP contribution in [0, 0.1) is 35.5 Å². The molecule has 486 valence electrons. The first kappa shape index (κ1) is 73.4. The number of carbonyl (C=O) groups excluding carboxylic acids is 8. The van der Waals surface area contributed by atoms with Crippen molar-refractivity contribution in [2.45, 2.75) is 156 Å². The Hall–Kier alpha value is -7.12. The van der Waals surface area contributed by atoms with Crippen molar-refractivity contribution in [2.24, 2.45) is 52.7 Å². The summed E-state index contributed by atoms with van der Waals surface area (Å²) >= 11 is 0. The van der Waals surface area contributed by atoms with Gasteiger partial charge >= 0.3 is 12.2 Å². The second-order valence-electron chi connectivity index (χ2n) is 23.5. The monoisotopic (exact) mass is 1230 g/mol. The molecule has 23 heteroatoms. The van der Waals surface area contributed by atoms with Gasteiger partial charge in [-0.15, -0.1) is 0 Å². The van der Waals surface area contributed by atoms with E-state index in [-0.39, 0.29) is 70.0 Å². The van der Waals surface area contributed by atoms with Gasteiger partial charge in [-0.25, -0.2) is 9.59 Å². The topological polar surface area (TPSA) is 356 Å². The van der Waals surface area contributed by atoms with Gasteiger partial charge in [0, 0.05) is 81.3 Å². The van der Waals surface area contributed by atoms with Gasteiger partial charge in [-0.2, -0.15) is 0 Å². The Labute approximate surface area is 517 Å². The van der Waals surface area contributed by atoms with Crippen molar-refractivity contribution in [2.75, 3.05) is 48.6 Å². The van der Waals surface area contributed by atoms with E-state index < -0.39 is 102 Å². The molecule has 6 aliphatic rings. The zero-order valence-electron chi connectivity index (χ0n) is 53.2. The van der Waals surface area contributed by atoms with E-state index in [4.69, 9.17) is 50.4 Å². The third-order valence-electron chi connectivity index (χ3n) is 16.0. The highest BCUT2D eigenvalue weighted by molar-refractivity contribution is 6.24. The Kier molecular flexibility index (Phi) is 29.3. The van der Waals surface area contributed by atoms with E-state index in [0.717, 1.165) is 31.4 Å². The molecule has 2 saturated carbocycles. The fourth-order valence-electron chi connectivity index (χ4n) is 10.5. The average Bonchev–Trinajstić information content (AvgIpc) is 3.63. The lowest BCUT2D eigenvalue weighted by atomic mass is 9.85. The van der Waals surface area contributed by atoms with Gasteiger partial charge in [0.1, 0.15) is 12.2 Å². The molecule has 2 heterocycles. The number of nitrogens with one attached hydrogen (secondary N) is 3. The van der Waals surface area contributed by atoms with Gasteiger partial charge in [0.2, 0.25) is 23.1 Å². The summed E-state index contributed by atoms with van der Waals surface area (Å²) in [4.78, 5) is 102. The van der Waals surface area contributed by atoms with Gasteiger partial charge in [0.15, 0.2) is 18.0 Å². The SMILES string of the molecule is COC1=C2C[C@@H](C)C[C@H](OC)[C@H](O)[C@@H](C)/C=C(\C)[C@H](OC(N)=O)[C@@H](OC)/C=C\C=C(/C)C(=O)NC(=CC1=O)C2=O.CO[C@H]1/C=C\C=C(/C)C(=O)NC2=CC(=O)C(NCC3CC3)=C(C[C@@H](C)C[C@H](OC)[C@H](O)[C@@H](C)/C=C(\C)[C@@H]1OC(N)=O)C2=O.NCC1CC1. The number of primary amides is 2. The highest BCUT2D eigenvalue weighted by Gasteiger charge is 2.37. The first-order chi connectivity index (χ1) is 41.6. The quantitative estimate of drug-likeness (QED) is 0.0931. The number of carbonyl (C=O) groups is 8. The van der Waals surface area contributed by atoms with Gasteiger partial charge in [0.05, 0.1) is 48.6 Å². The predicted octanol–water partition coefficient (Wildman–Crippen LogP) is 5.53. The number of ether oxygens (including phenoxy) is 7. The molecular formula is C65H94N6O17. The molecule has 12 atom stereocenters. The minimum atomic E-state index is -1.00. The molecule has 88 heavy (non-hydrogen) atoms. The number of Topliss-reactive ketones (excluding diaryl/α,β-unsaturated/α-hetero) is 2. The van der Waals surface area contributed by atoms with Crippen molar-refractivity contribution in [3.05, 3.63) is 117 Å². The van der Waals surface area contributed by atoms with E-state index >= 15 is 0 Å². The molecule has 2 aliphatic heterocycles. The van der Waals surface area contributed by atoms with Crippen molar-refractivity contribution in [1.29, 1.82) is 0 Å². The van der Waals surface area contributed by atoms with Crippen LogP contribution in [-0.4, -0.2) is 155 Å². The lowest BCUT2D eigenvalue weighted by Crippen LogP contribution is -2.38. The molecule has 0 aromatic carbocycles.